The molecule has 0 spiro atoms. The first-order valence-electron chi connectivity index (χ1n) is 9.27. The van der Waals surface area contributed by atoms with Crippen LogP contribution in [0.3, 0.4) is 0 Å². The molecule has 1 saturated carbocycles. The molecular formula is C21H27FN2. The quantitative estimate of drug-likeness (QED) is 0.677. The van der Waals surface area contributed by atoms with Crippen LogP contribution in [0.25, 0.3) is 11.4 Å². The molecule has 3 rings (SSSR count). The van der Waals surface area contributed by atoms with Gasteiger partial charge in [-0.2, -0.15) is 0 Å². The van der Waals surface area contributed by atoms with Crippen LogP contribution >= 0.6 is 0 Å². The predicted octanol–water partition coefficient (Wildman–Crippen LogP) is 5.73. The second-order valence-corrected chi connectivity index (χ2v) is 6.98. The van der Waals surface area contributed by atoms with Crippen molar-refractivity contribution in [2.45, 2.75) is 57.8 Å². The van der Waals surface area contributed by atoms with Crippen LogP contribution in [-0.4, -0.2) is 16.6 Å². The Morgan fingerprint density at radius 1 is 1.00 bits per heavy atom. The summed E-state index contributed by atoms with van der Waals surface area (Å²) in [6.45, 7) is 2.00. The van der Waals surface area contributed by atoms with Crippen LogP contribution in [0, 0.1) is 5.92 Å². The average molecular weight is 326 g/mol. The fraction of sp³-hybridized carbons (Fsp3) is 0.524. The molecule has 0 atom stereocenters. The molecule has 2 aromatic rings. The highest BCUT2D eigenvalue weighted by atomic mass is 19.1. The number of rotatable bonds is 6. The maximum atomic E-state index is 12.5. The van der Waals surface area contributed by atoms with Crippen LogP contribution in [0.4, 0.5) is 4.39 Å². The summed E-state index contributed by atoms with van der Waals surface area (Å²) in [5, 5.41) is 0. The van der Waals surface area contributed by atoms with Gasteiger partial charge in [0.05, 0.1) is 6.67 Å². The molecule has 1 aliphatic carbocycles. The Hall–Kier alpha value is -1.77. The number of alkyl halides is 1. The lowest BCUT2D eigenvalue weighted by atomic mass is 9.77. The summed E-state index contributed by atoms with van der Waals surface area (Å²) < 4.78 is 12.5. The molecule has 1 aromatic heterocycles. The summed E-state index contributed by atoms with van der Waals surface area (Å²) in [5.74, 6) is 2.02. The molecule has 3 heteroatoms. The zero-order chi connectivity index (χ0) is 16.8. The van der Waals surface area contributed by atoms with Crippen LogP contribution in [-0.2, 0) is 6.42 Å². The third kappa shape index (κ3) is 4.19. The van der Waals surface area contributed by atoms with E-state index < -0.39 is 0 Å². The zero-order valence-electron chi connectivity index (χ0n) is 14.5. The van der Waals surface area contributed by atoms with Crippen molar-refractivity contribution < 1.29 is 4.39 Å². The number of benzene rings is 1. The lowest BCUT2D eigenvalue weighted by Crippen LogP contribution is -2.13. The summed E-state index contributed by atoms with van der Waals surface area (Å²) in [6, 6.07) is 8.72. The molecule has 2 nitrogen and oxygen atoms in total. The highest BCUT2D eigenvalue weighted by Gasteiger charge is 2.22. The van der Waals surface area contributed by atoms with Gasteiger partial charge in [0.2, 0.25) is 0 Å². The molecule has 24 heavy (non-hydrogen) atoms. The third-order valence-electron chi connectivity index (χ3n) is 5.25. The first-order chi connectivity index (χ1) is 11.8. The first kappa shape index (κ1) is 17.1. The fourth-order valence-corrected chi connectivity index (χ4v) is 3.76. The van der Waals surface area contributed by atoms with Crippen molar-refractivity contribution in [3.63, 3.8) is 0 Å². The van der Waals surface area contributed by atoms with Gasteiger partial charge in [-0.3, -0.25) is 4.39 Å². The van der Waals surface area contributed by atoms with E-state index in [2.05, 4.69) is 41.2 Å². The van der Waals surface area contributed by atoms with Crippen LogP contribution in [0.2, 0.25) is 0 Å². The van der Waals surface area contributed by atoms with Crippen molar-refractivity contribution in [2.75, 3.05) is 6.67 Å². The number of nitrogens with zero attached hydrogens (tertiary/aromatic N) is 2. The van der Waals surface area contributed by atoms with Crippen LogP contribution in [0.15, 0.2) is 36.7 Å². The Morgan fingerprint density at radius 3 is 2.25 bits per heavy atom. The molecule has 0 N–H and O–H groups in total. The molecule has 1 heterocycles. The number of hydrogen-bond acceptors (Lipinski definition) is 2. The maximum Gasteiger partial charge on any atom is 0.159 e. The Kier molecular flexibility index (Phi) is 5.95. The highest BCUT2D eigenvalue weighted by molar-refractivity contribution is 5.55. The maximum absolute atomic E-state index is 12.5. The number of aromatic nitrogens is 2. The summed E-state index contributed by atoms with van der Waals surface area (Å²) in [5.41, 5.74) is 3.68. The molecule has 0 aliphatic heterocycles. The van der Waals surface area contributed by atoms with E-state index in [0.29, 0.717) is 11.8 Å². The largest absolute Gasteiger partial charge is 0.251 e. The van der Waals surface area contributed by atoms with E-state index >= 15 is 0 Å². The van der Waals surface area contributed by atoms with E-state index in [9.17, 15) is 4.39 Å². The van der Waals surface area contributed by atoms with E-state index in [-0.39, 0.29) is 6.67 Å². The first-order valence-corrected chi connectivity index (χ1v) is 9.27. The predicted molar refractivity (Wildman–Crippen MR) is 96.8 cm³/mol. The van der Waals surface area contributed by atoms with Crippen LogP contribution in [0.1, 0.15) is 62.5 Å². The second kappa shape index (κ2) is 8.36. The standard InChI is InChI=1S/C21H27FN2/c1-2-3-17-14-23-21(24-15-17)20-10-8-19(9-11-20)18-6-4-16(5-7-18)12-13-22/h8-11,14-16,18H,2-7,12-13H2,1H3. The second-order valence-electron chi connectivity index (χ2n) is 6.98. The van der Waals surface area contributed by atoms with Crippen molar-refractivity contribution in [3.05, 3.63) is 47.8 Å². The van der Waals surface area contributed by atoms with Crippen molar-refractivity contribution in [1.29, 1.82) is 0 Å². The van der Waals surface area contributed by atoms with Gasteiger partial charge in [0.1, 0.15) is 0 Å². The van der Waals surface area contributed by atoms with Crippen molar-refractivity contribution in [3.8, 4) is 11.4 Å². The van der Waals surface area contributed by atoms with Gasteiger partial charge >= 0.3 is 0 Å². The van der Waals surface area contributed by atoms with Gasteiger partial charge in [-0.1, -0.05) is 37.6 Å². The third-order valence-corrected chi connectivity index (χ3v) is 5.25. The zero-order valence-corrected chi connectivity index (χ0v) is 14.5. The average Bonchev–Trinajstić information content (AvgIpc) is 2.64. The molecule has 1 aromatic carbocycles. The minimum atomic E-state index is -0.166. The molecule has 0 amide bonds. The van der Waals surface area contributed by atoms with Gasteiger partial charge in [-0.05, 0) is 61.5 Å². The van der Waals surface area contributed by atoms with Crippen molar-refractivity contribution in [1.82, 2.24) is 9.97 Å². The molecule has 0 saturated heterocycles. The van der Waals surface area contributed by atoms with Crippen LogP contribution in [0.5, 0.6) is 0 Å². The smallest absolute Gasteiger partial charge is 0.159 e. The van der Waals surface area contributed by atoms with E-state index in [1.807, 2.05) is 12.4 Å². The summed E-state index contributed by atoms with van der Waals surface area (Å²) in [7, 11) is 0. The summed E-state index contributed by atoms with van der Waals surface area (Å²) >= 11 is 0. The van der Waals surface area contributed by atoms with E-state index in [4.69, 9.17) is 0 Å². The Morgan fingerprint density at radius 2 is 1.67 bits per heavy atom. The molecule has 128 valence electrons. The number of aryl methyl sites for hydroxylation is 1. The van der Waals surface area contributed by atoms with E-state index in [1.165, 1.54) is 36.8 Å². The number of halogens is 1. The topological polar surface area (TPSA) is 25.8 Å². The van der Waals surface area contributed by atoms with E-state index in [1.54, 1.807) is 0 Å². The van der Waals surface area contributed by atoms with Crippen molar-refractivity contribution in [2.24, 2.45) is 5.92 Å². The van der Waals surface area contributed by atoms with Gasteiger partial charge in [-0.25, -0.2) is 9.97 Å². The van der Waals surface area contributed by atoms with E-state index in [0.717, 1.165) is 30.7 Å². The fourth-order valence-electron chi connectivity index (χ4n) is 3.76. The molecule has 1 aliphatic rings. The summed E-state index contributed by atoms with van der Waals surface area (Å²) in [6.07, 6.45) is 11.5. The van der Waals surface area contributed by atoms with Crippen LogP contribution < -0.4 is 0 Å². The molecule has 1 fully saturated rings. The molecule has 0 bridgehead atoms. The lowest BCUT2D eigenvalue weighted by Gasteiger charge is -2.28. The Labute approximate surface area is 144 Å². The SMILES string of the molecule is CCCc1cnc(-c2ccc(C3CCC(CCF)CC3)cc2)nc1. The number of hydrogen-bond donors (Lipinski definition) is 0. The Balaban J connectivity index is 1.63. The lowest BCUT2D eigenvalue weighted by molar-refractivity contribution is 0.283. The van der Waals surface area contributed by atoms with Gasteiger partial charge in [0.25, 0.3) is 0 Å². The minimum absolute atomic E-state index is 0.166. The van der Waals surface area contributed by atoms with Gasteiger partial charge in [0, 0.05) is 18.0 Å². The van der Waals surface area contributed by atoms with Gasteiger partial charge in [0.15, 0.2) is 5.82 Å². The monoisotopic (exact) mass is 326 g/mol. The molecule has 0 unspecified atom stereocenters. The molecule has 0 radical (unpaired) electrons. The summed E-state index contributed by atoms with van der Waals surface area (Å²) in [4.78, 5) is 8.99. The highest BCUT2D eigenvalue weighted by Crippen LogP contribution is 2.37. The van der Waals surface area contributed by atoms with Gasteiger partial charge in [-0.15, -0.1) is 0 Å². The van der Waals surface area contributed by atoms with Crippen molar-refractivity contribution >= 4 is 0 Å². The Bertz CT molecular complexity index is 613. The normalized spacial score (nSPS) is 20.9. The minimum Gasteiger partial charge on any atom is -0.251 e. The van der Waals surface area contributed by atoms with Gasteiger partial charge < -0.3 is 0 Å². The molecular weight excluding hydrogens is 299 g/mol.